The average molecular weight is 470 g/mol. The maximum Gasteiger partial charge on any atom is 0.282 e. The summed E-state index contributed by atoms with van der Waals surface area (Å²) in [6.45, 7) is 2.30. The molecule has 1 aliphatic carbocycles. The van der Waals surface area contributed by atoms with E-state index in [1.165, 1.54) is 11.1 Å². The summed E-state index contributed by atoms with van der Waals surface area (Å²) in [6, 6.07) is 10.6. The molecule has 1 N–H and O–H groups in total. The van der Waals surface area contributed by atoms with Gasteiger partial charge in [-0.2, -0.15) is 9.78 Å². The van der Waals surface area contributed by atoms with Crippen LogP contribution in [0.4, 0.5) is 0 Å². The van der Waals surface area contributed by atoms with Gasteiger partial charge < -0.3 is 9.84 Å². The number of hydrogen-bond donors (Lipinski definition) is 1. The van der Waals surface area contributed by atoms with E-state index in [2.05, 4.69) is 21.0 Å². The molecule has 0 radical (unpaired) electrons. The number of ether oxygens (including phenoxy) is 1. The lowest BCUT2D eigenvalue weighted by atomic mass is 9.88. The van der Waals surface area contributed by atoms with Gasteiger partial charge in [-0.15, -0.1) is 0 Å². The Morgan fingerprint density at radius 2 is 2.03 bits per heavy atom. The van der Waals surface area contributed by atoms with Crippen LogP contribution in [-0.2, 0) is 0 Å². The highest BCUT2D eigenvalue weighted by Gasteiger charge is 2.22. The number of phenols is 1. The fraction of sp³-hybridized carbons (Fsp3) is 0.348. The Kier molecular flexibility index (Phi) is 6.18. The normalized spacial score (nSPS) is 15.1. The van der Waals surface area contributed by atoms with Gasteiger partial charge in [-0.3, -0.25) is 4.79 Å². The molecule has 0 unspecified atom stereocenters. The molecule has 1 saturated carbocycles. The second-order valence-electron chi connectivity index (χ2n) is 7.49. The Balaban J connectivity index is 1.81. The minimum absolute atomic E-state index is 0.0753. The van der Waals surface area contributed by atoms with Gasteiger partial charge in [0.05, 0.1) is 23.7 Å². The van der Waals surface area contributed by atoms with Crippen LogP contribution in [-0.4, -0.2) is 27.6 Å². The van der Waals surface area contributed by atoms with E-state index < -0.39 is 0 Å². The van der Waals surface area contributed by atoms with E-state index in [1.54, 1.807) is 30.5 Å². The highest BCUT2D eigenvalue weighted by molar-refractivity contribution is 9.10. The van der Waals surface area contributed by atoms with Gasteiger partial charge in [-0.05, 0) is 61.7 Å². The number of phenolic OH excluding ortho intramolecular Hbond substituents is 1. The third-order valence-corrected chi connectivity index (χ3v) is 5.90. The molecule has 2 aromatic carbocycles. The van der Waals surface area contributed by atoms with E-state index >= 15 is 0 Å². The van der Waals surface area contributed by atoms with Crippen molar-refractivity contribution in [2.45, 2.75) is 44.9 Å². The quantitative estimate of drug-likeness (QED) is 0.521. The molecule has 0 aliphatic heterocycles. The summed E-state index contributed by atoms with van der Waals surface area (Å²) in [6.07, 6.45) is 7.13. The lowest BCUT2D eigenvalue weighted by Gasteiger charge is -2.22. The van der Waals surface area contributed by atoms with Gasteiger partial charge in [0.25, 0.3) is 5.56 Å². The first-order chi connectivity index (χ1) is 14.6. The predicted octanol–water partition coefficient (Wildman–Crippen LogP) is 5.19. The minimum Gasteiger partial charge on any atom is -0.504 e. The van der Waals surface area contributed by atoms with Crippen molar-refractivity contribution in [1.82, 2.24) is 9.66 Å². The first-order valence-electron chi connectivity index (χ1n) is 10.3. The fourth-order valence-electron chi connectivity index (χ4n) is 3.91. The van der Waals surface area contributed by atoms with E-state index in [9.17, 15) is 9.90 Å². The molecule has 156 valence electrons. The van der Waals surface area contributed by atoms with Gasteiger partial charge >= 0.3 is 0 Å². The second kappa shape index (κ2) is 9.00. The maximum atomic E-state index is 13.3. The number of nitrogens with zero attached hydrogens (tertiary/aromatic N) is 3. The Hall–Kier alpha value is -2.67. The Bertz CT molecular complexity index is 1150. The first-order valence-corrected chi connectivity index (χ1v) is 11.1. The van der Waals surface area contributed by atoms with E-state index in [-0.39, 0.29) is 17.2 Å². The van der Waals surface area contributed by atoms with Crippen LogP contribution in [0.25, 0.3) is 10.9 Å². The van der Waals surface area contributed by atoms with Gasteiger partial charge in [-0.1, -0.05) is 35.2 Å². The molecule has 1 heterocycles. The summed E-state index contributed by atoms with van der Waals surface area (Å²) >= 11 is 3.44. The molecule has 1 fully saturated rings. The molecule has 0 saturated heterocycles. The summed E-state index contributed by atoms with van der Waals surface area (Å²) in [5.41, 5.74) is 1.24. The third kappa shape index (κ3) is 4.26. The monoisotopic (exact) mass is 469 g/mol. The van der Waals surface area contributed by atoms with Crippen molar-refractivity contribution in [2.24, 2.45) is 5.10 Å². The topological polar surface area (TPSA) is 76.7 Å². The van der Waals surface area contributed by atoms with Crippen molar-refractivity contribution in [3.8, 4) is 11.5 Å². The maximum absolute atomic E-state index is 13.3. The fourth-order valence-corrected chi connectivity index (χ4v) is 4.27. The van der Waals surface area contributed by atoms with Gasteiger partial charge in [0.15, 0.2) is 11.5 Å². The second-order valence-corrected chi connectivity index (χ2v) is 8.40. The summed E-state index contributed by atoms with van der Waals surface area (Å²) in [7, 11) is 0. The SMILES string of the molecule is CCOc1cc(C=Nn2c(C3CCCCC3)nc3ccc(Br)cc3c2=O)ccc1O. The summed E-state index contributed by atoms with van der Waals surface area (Å²) in [5.74, 6) is 1.40. The summed E-state index contributed by atoms with van der Waals surface area (Å²) < 4.78 is 7.72. The van der Waals surface area contributed by atoms with E-state index in [0.717, 1.165) is 41.5 Å². The number of halogens is 1. The highest BCUT2D eigenvalue weighted by Crippen LogP contribution is 2.32. The standard InChI is InChI=1S/C23H24BrN3O3/c1-2-30-21-12-15(8-11-20(21)28)14-25-27-22(16-6-4-3-5-7-16)26-19-10-9-17(24)13-18(19)23(27)29/h8-14,16,28H,2-7H2,1H3. The third-order valence-electron chi connectivity index (χ3n) is 5.41. The zero-order chi connectivity index (χ0) is 21.1. The molecule has 3 aromatic rings. The Labute approximate surface area is 183 Å². The summed E-state index contributed by atoms with van der Waals surface area (Å²) in [5, 5.41) is 15.0. The van der Waals surface area contributed by atoms with Gasteiger partial charge in [-0.25, -0.2) is 4.98 Å². The lowest BCUT2D eigenvalue weighted by Crippen LogP contribution is -2.25. The van der Waals surface area contributed by atoms with Gasteiger partial charge in [0, 0.05) is 10.4 Å². The number of aromatic hydroxyl groups is 1. The van der Waals surface area contributed by atoms with Crippen LogP contribution in [0.15, 0.2) is 50.8 Å². The molecule has 0 bridgehead atoms. The lowest BCUT2D eigenvalue weighted by molar-refractivity contribution is 0.318. The van der Waals surface area contributed by atoms with Crippen LogP contribution in [0.2, 0.25) is 0 Å². The highest BCUT2D eigenvalue weighted by atomic mass is 79.9. The molecular weight excluding hydrogens is 446 g/mol. The van der Waals surface area contributed by atoms with Crippen LogP contribution >= 0.6 is 15.9 Å². The van der Waals surface area contributed by atoms with Crippen molar-refractivity contribution < 1.29 is 9.84 Å². The van der Waals surface area contributed by atoms with Crippen LogP contribution in [0.1, 0.15) is 56.3 Å². The summed E-state index contributed by atoms with van der Waals surface area (Å²) in [4.78, 5) is 18.2. The van der Waals surface area contributed by atoms with Crippen molar-refractivity contribution >= 4 is 33.0 Å². The number of aromatic nitrogens is 2. The van der Waals surface area contributed by atoms with E-state index in [4.69, 9.17) is 9.72 Å². The minimum atomic E-state index is -0.179. The van der Waals surface area contributed by atoms with E-state index in [1.807, 2.05) is 19.1 Å². The van der Waals surface area contributed by atoms with Crippen molar-refractivity contribution in [2.75, 3.05) is 6.61 Å². The Morgan fingerprint density at radius 1 is 1.23 bits per heavy atom. The molecule has 30 heavy (non-hydrogen) atoms. The van der Waals surface area contributed by atoms with Crippen molar-refractivity contribution in [3.05, 3.63) is 62.6 Å². The van der Waals surface area contributed by atoms with Crippen LogP contribution in [0.3, 0.4) is 0 Å². The number of benzene rings is 2. The number of hydrogen-bond acceptors (Lipinski definition) is 5. The molecule has 7 heteroatoms. The molecular formula is C23H24BrN3O3. The Morgan fingerprint density at radius 3 is 2.80 bits per heavy atom. The van der Waals surface area contributed by atoms with Gasteiger partial charge in [0.1, 0.15) is 5.82 Å². The van der Waals surface area contributed by atoms with Crippen LogP contribution in [0, 0.1) is 0 Å². The van der Waals surface area contributed by atoms with Crippen LogP contribution < -0.4 is 10.3 Å². The average Bonchev–Trinajstić information content (AvgIpc) is 2.76. The zero-order valence-corrected chi connectivity index (χ0v) is 18.4. The predicted molar refractivity (Wildman–Crippen MR) is 122 cm³/mol. The first kappa shape index (κ1) is 20.6. The van der Waals surface area contributed by atoms with Crippen molar-refractivity contribution in [1.29, 1.82) is 0 Å². The largest absolute Gasteiger partial charge is 0.504 e. The molecule has 0 atom stereocenters. The number of fused-ring (bicyclic) bond motifs is 1. The molecule has 6 nitrogen and oxygen atoms in total. The molecule has 0 spiro atoms. The van der Waals surface area contributed by atoms with E-state index in [0.29, 0.717) is 23.3 Å². The van der Waals surface area contributed by atoms with Crippen LogP contribution in [0.5, 0.6) is 11.5 Å². The molecule has 1 aliphatic rings. The number of rotatable bonds is 5. The molecule has 1 aromatic heterocycles. The molecule has 0 amide bonds. The van der Waals surface area contributed by atoms with Gasteiger partial charge in [0.2, 0.25) is 0 Å². The zero-order valence-electron chi connectivity index (χ0n) is 16.8. The molecule has 4 rings (SSSR count). The van der Waals surface area contributed by atoms with Crippen molar-refractivity contribution in [3.63, 3.8) is 0 Å². The smallest absolute Gasteiger partial charge is 0.282 e.